The van der Waals surface area contributed by atoms with E-state index in [1.165, 1.54) is 11.1 Å². The Bertz CT molecular complexity index is 1180. The summed E-state index contributed by atoms with van der Waals surface area (Å²) in [6.07, 6.45) is 5.38. The van der Waals surface area contributed by atoms with Crippen LogP contribution in [0.4, 0.5) is 0 Å². The highest BCUT2D eigenvalue weighted by Crippen LogP contribution is 2.42. The second kappa shape index (κ2) is 11.7. The number of hydrogen-bond donors (Lipinski definition) is 1. The molecule has 2 aliphatic rings. The molecule has 0 radical (unpaired) electrons. The van der Waals surface area contributed by atoms with Crippen molar-refractivity contribution in [3.63, 3.8) is 0 Å². The molecule has 1 saturated heterocycles. The molecule has 3 aromatic carbocycles. The lowest BCUT2D eigenvalue weighted by molar-refractivity contribution is -0.899. The molecule has 2 fully saturated rings. The Kier molecular flexibility index (Phi) is 8.15. The monoisotopic (exact) mass is 514 g/mol. The van der Waals surface area contributed by atoms with Crippen LogP contribution in [0.5, 0.6) is 5.75 Å². The normalized spacial score (nSPS) is 23.2. The topological polar surface area (TPSA) is 55.8 Å². The molecule has 3 aromatic rings. The third kappa shape index (κ3) is 5.95. The van der Waals surface area contributed by atoms with E-state index in [2.05, 4.69) is 31.3 Å². The van der Waals surface area contributed by atoms with Gasteiger partial charge in [0.1, 0.15) is 12.3 Å². The van der Waals surface area contributed by atoms with Crippen LogP contribution in [-0.2, 0) is 15.1 Å². The summed E-state index contributed by atoms with van der Waals surface area (Å²) in [5.41, 5.74) is 1.47. The molecule has 200 valence electrons. The van der Waals surface area contributed by atoms with Gasteiger partial charge in [0.05, 0.1) is 26.7 Å². The Hall–Kier alpha value is -3.15. The van der Waals surface area contributed by atoms with Crippen molar-refractivity contribution in [2.24, 2.45) is 5.92 Å². The summed E-state index contributed by atoms with van der Waals surface area (Å²) in [5, 5.41) is 11.7. The third-order valence-corrected chi connectivity index (χ3v) is 8.45. The molecule has 5 rings (SSSR count). The molecule has 1 unspecified atom stereocenters. The van der Waals surface area contributed by atoms with Gasteiger partial charge in [-0.3, -0.25) is 0 Å². The number of rotatable bonds is 10. The summed E-state index contributed by atoms with van der Waals surface area (Å²) in [6, 6.07) is 28.0. The van der Waals surface area contributed by atoms with Gasteiger partial charge in [-0.25, -0.2) is 4.79 Å². The van der Waals surface area contributed by atoms with Crippen LogP contribution in [0.25, 0.3) is 11.1 Å². The van der Waals surface area contributed by atoms with Crippen LogP contribution in [0.3, 0.4) is 0 Å². The maximum Gasteiger partial charge on any atom is 0.343 e. The lowest BCUT2D eigenvalue weighted by Crippen LogP contribution is -2.47. The molecule has 38 heavy (non-hydrogen) atoms. The van der Waals surface area contributed by atoms with Crippen molar-refractivity contribution in [3.05, 3.63) is 90.5 Å². The van der Waals surface area contributed by atoms with Gasteiger partial charge in [-0.2, -0.15) is 0 Å². The number of benzene rings is 3. The van der Waals surface area contributed by atoms with Crippen LogP contribution < -0.4 is 4.74 Å². The molecule has 1 aliphatic carbocycles. The lowest BCUT2D eigenvalue weighted by atomic mass is 9.80. The van der Waals surface area contributed by atoms with E-state index < -0.39 is 11.6 Å². The zero-order chi connectivity index (χ0) is 26.4. The standard InChI is InChI=1S/C33H40NO4/c1-34(22-10-24-37-30-19-17-27(18-20-30)26-11-4-2-5-12-26)23-21-31(25-34)38-32(35)33(36,29-15-8-9-16-29)28-13-6-3-7-14-28/h2-7,11-14,17-20,29,31,36H,8-10,15-16,21-25H2,1H3/q+1/t31?,33-,34+/m0/s1. The summed E-state index contributed by atoms with van der Waals surface area (Å²) in [5.74, 6) is 0.322. The fraction of sp³-hybridized carbons (Fsp3) is 0.424. The minimum Gasteiger partial charge on any atom is -0.493 e. The molecule has 1 heterocycles. The highest BCUT2D eigenvalue weighted by Gasteiger charge is 2.49. The number of hydrogen-bond acceptors (Lipinski definition) is 4. The van der Waals surface area contributed by atoms with Gasteiger partial charge in [-0.15, -0.1) is 0 Å². The number of aliphatic hydroxyl groups is 1. The highest BCUT2D eigenvalue weighted by molar-refractivity contribution is 5.81. The first kappa shape index (κ1) is 26.5. The number of likely N-dealkylation sites (N-methyl/N-ethyl adjacent to an activating group) is 1. The summed E-state index contributed by atoms with van der Waals surface area (Å²) in [7, 11) is 2.23. The maximum absolute atomic E-state index is 13.5. The maximum atomic E-state index is 13.5. The average molecular weight is 515 g/mol. The Morgan fingerprint density at radius 2 is 1.53 bits per heavy atom. The zero-order valence-corrected chi connectivity index (χ0v) is 22.4. The van der Waals surface area contributed by atoms with E-state index in [0.29, 0.717) is 12.2 Å². The molecular weight excluding hydrogens is 474 g/mol. The van der Waals surface area contributed by atoms with Gasteiger partial charge >= 0.3 is 5.97 Å². The van der Waals surface area contributed by atoms with Crippen molar-refractivity contribution < 1.29 is 23.9 Å². The van der Waals surface area contributed by atoms with Crippen molar-refractivity contribution in [2.75, 3.05) is 33.3 Å². The van der Waals surface area contributed by atoms with Crippen molar-refractivity contribution >= 4 is 5.97 Å². The fourth-order valence-electron chi connectivity index (χ4n) is 6.24. The van der Waals surface area contributed by atoms with E-state index in [-0.39, 0.29) is 12.0 Å². The van der Waals surface area contributed by atoms with Gasteiger partial charge in [0.2, 0.25) is 0 Å². The van der Waals surface area contributed by atoms with Gasteiger partial charge in [-0.1, -0.05) is 85.6 Å². The number of nitrogens with zero attached hydrogens (tertiary/aromatic N) is 1. The molecular formula is C33H40NO4+. The predicted octanol–water partition coefficient (Wildman–Crippen LogP) is 5.96. The van der Waals surface area contributed by atoms with E-state index in [1.807, 2.05) is 60.7 Å². The van der Waals surface area contributed by atoms with Gasteiger partial charge in [0.25, 0.3) is 0 Å². The van der Waals surface area contributed by atoms with Crippen molar-refractivity contribution in [1.82, 2.24) is 0 Å². The largest absolute Gasteiger partial charge is 0.493 e. The number of esters is 1. The number of ether oxygens (including phenoxy) is 2. The van der Waals surface area contributed by atoms with Crippen LogP contribution in [0, 0.1) is 5.92 Å². The Labute approximate surface area is 226 Å². The molecule has 3 atom stereocenters. The first-order valence-corrected chi connectivity index (χ1v) is 14.1. The molecule has 5 nitrogen and oxygen atoms in total. The van der Waals surface area contributed by atoms with Crippen molar-refractivity contribution in [2.45, 2.75) is 50.2 Å². The molecule has 0 bridgehead atoms. The Morgan fingerprint density at radius 1 is 0.895 bits per heavy atom. The van der Waals surface area contributed by atoms with Crippen molar-refractivity contribution in [3.8, 4) is 16.9 Å². The summed E-state index contributed by atoms with van der Waals surface area (Å²) < 4.78 is 12.9. The first-order chi connectivity index (χ1) is 18.5. The SMILES string of the molecule is C[N@@+]1(CCCOc2ccc(-c3ccccc3)cc2)CCC(OC(=O)[C@](O)(c2ccccc2)C2CCCC2)C1. The summed E-state index contributed by atoms with van der Waals surface area (Å²) in [6.45, 7) is 3.34. The Balaban J connectivity index is 1.11. The van der Waals surface area contributed by atoms with Crippen LogP contribution in [0.2, 0.25) is 0 Å². The summed E-state index contributed by atoms with van der Waals surface area (Å²) in [4.78, 5) is 13.5. The van der Waals surface area contributed by atoms with E-state index in [4.69, 9.17) is 9.47 Å². The smallest absolute Gasteiger partial charge is 0.343 e. The van der Waals surface area contributed by atoms with E-state index in [0.717, 1.165) is 68.4 Å². The van der Waals surface area contributed by atoms with E-state index in [1.54, 1.807) is 0 Å². The lowest BCUT2D eigenvalue weighted by Gasteiger charge is -2.33. The van der Waals surface area contributed by atoms with E-state index >= 15 is 0 Å². The quantitative estimate of drug-likeness (QED) is 0.206. The van der Waals surface area contributed by atoms with E-state index in [9.17, 15) is 9.90 Å². The molecule has 0 spiro atoms. The fourth-order valence-corrected chi connectivity index (χ4v) is 6.24. The van der Waals surface area contributed by atoms with Gasteiger partial charge in [-0.05, 0) is 41.7 Å². The minimum atomic E-state index is -1.56. The van der Waals surface area contributed by atoms with Crippen molar-refractivity contribution in [1.29, 1.82) is 0 Å². The molecule has 0 amide bonds. The predicted molar refractivity (Wildman–Crippen MR) is 150 cm³/mol. The average Bonchev–Trinajstić information content (AvgIpc) is 3.63. The third-order valence-electron chi connectivity index (χ3n) is 8.45. The highest BCUT2D eigenvalue weighted by atomic mass is 16.6. The first-order valence-electron chi connectivity index (χ1n) is 14.1. The second-order valence-corrected chi connectivity index (χ2v) is 11.3. The summed E-state index contributed by atoms with van der Waals surface area (Å²) >= 11 is 0. The van der Waals surface area contributed by atoms with Gasteiger partial charge in [0.15, 0.2) is 11.7 Å². The molecule has 0 aromatic heterocycles. The second-order valence-electron chi connectivity index (χ2n) is 11.3. The number of likely N-dealkylation sites (tertiary alicyclic amines) is 1. The van der Waals surface area contributed by atoms with Crippen LogP contribution in [0.1, 0.15) is 44.1 Å². The minimum absolute atomic E-state index is 0.0846. The van der Waals surface area contributed by atoms with Gasteiger partial charge in [0, 0.05) is 18.8 Å². The molecule has 1 saturated carbocycles. The van der Waals surface area contributed by atoms with Gasteiger partial charge < -0.3 is 19.1 Å². The number of carbonyl (C=O) groups excluding carboxylic acids is 1. The zero-order valence-electron chi connectivity index (χ0n) is 22.4. The molecule has 1 aliphatic heterocycles. The number of carbonyl (C=O) groups is 1. The Morgan fingerprint density at radius 3 is 2.21 bits per heavy atom. The number of quaternary nitrogens is 1. The molecule has 5 heteroatoms. The van der Waals surface area contributed by atoms with Crippen LogP contribution >= 0.6 is 0 Å². The van der Waals surface area contributed by atoms with Crippen LogP contribution in [-0.4, -0.2) is 55.0 Å². The molecule has 1 N–H and O–H groups in total. The van der Waals surface area contributed by atoms with Crippen LogP contribution in [0.15, 0.2) is 84.9 Å².